The van der Waals surface area contributed by atoms with E-state index in [-0.39, 0.29) is 23.4 Å². The zero-order valence-corrected chi connectivity index (χ0v) is 12.7. The van der Waals surface area contributed by atoms with Crippen LogP contribution in [0.3, 0.4) is 0 Å². The summed E-state index contributed by atoms with van der Waals surface area (Å²) in [5.41, 5.74) is 1.03. The fourth-order valence-electron chi connectivity index (χ4n) is 2.29. The van der Waals surface area contributed by atoms with E-state index in [4.69, 9.17) is 5.11 Å². The van der Waals surface area contributed by atoms with Gasteiger partial charge in [0.15, 0.2) is 0 Å². The van der Waals surface area contributed by atoms with Crippen LogP contribution in [0.2, 0.25) is 0 Å². The van der Waals surface area contributed by atoms with Gasteiger partial charge in [-0.05, 0) is 29.8 Å². The van der Waals surface area contributed by atoms with E-state index < -0.39 is 18.0 Å². The average Bonchev–Trinajstić information content (AvgIpc) is 2.59. The second kappa shape index (κ2) is 6.39. The predicted octanol–water partition coefficient (Wildman–Crippen LogP) is 3.96. The first-order valence-electron chi connectivity index (χ1n) is 7.24. The Morgan fingerprint density at radius 1 is 1.04 bits per heavy atom. The van der Waals surface area contributed by atoms with Crippen LogP contribution < -0.4 is 5.32 Å². The van der Waals surface area contributed by atoms with Crippen LogP contribution >= 0.6 is 0 Å². The van der Waals surface area contributed by atoms with E-state index in [2.05, 4.69) is 15.3 Å². The Kier molecular flexibility index (Phi) is 4.26. The molecule has 8 heteroatoms. The number of benzene rings is 2. The second-order valence-electron chi connectivity index (χ2n) is 5.27. The third-order valence-corrected chi connectivity index (χ3v) is 3.52. The first-order valence-corrected chi connectivity index (χ1v) is 7.24. The minimum absolute atomic E-state index is 0.0697. The highest BCUT2D eigenvalue weighted by molar-refractivity contribution is 5.89. The molecule has 128 valence electrons. The lowest BCUT2D eigenvalue weighted by Crippen LogP contribution is -2.13. The van der Waals surface area contributed by atoms with Gasteiger partial charge in [-0.2, -0.15) is 13.2 Å². The summed E-state index contributed by atoms with van der Waals surface area (Å²) >= 11 is 0. The van der Waals surface area contributed by atoms with Crippen molar-refractivity contribution in [2.24, 2.45) is 0 Å². The van der Waals surface area contributed by atoms with E-state index in [9.17, 15) is 18.0 Å². The number of alkyl halides is 3. The van der Waals surface area contributed by atoms with Crippen molar-refractivity contribution < 1.29 is 23.1 Å². The normalized spacial score (nSPS) is 11.5. The summed E-state index contributed by atoms with van der Waals surface area (Å²) < 4.78 is 38.9. The summed E-state index contributed by atoms with van der Waals surface area (Å²) in [4.78, 5) is 18.0. The third kappa shape index (κ3) is 3.68. The largest absolute Gasteiger partial charge is 0.478 e. The number of anilines is 1. The van der Waals surface area contributed by atoms with Gasteiger partial charge in [-0.1, -0.05) is 24.3 Å². The van der Waals surface area contributed by atoms with E-state index in [0.717, 1.165) is 0 Å². The predicted molar refractivity (Wildman–Crippen MR) is 85.3 cm³/mol. The molecule has 3 aromatic rings. The van der Waals surface area contributed by atoms with Gasteiger partial charge in [0.2, 0.25) is 5.82 Å². The first-order chi connectivity index (χ1) is 11.8. The van der Waals surface area contributed by atoms with Crippen LogP contribution in [0.15, 0.2) is 48.5 Å². The maximum absolute atomic E-state index is 13.0. The van der Waals surface area contributed by atoms with Gasteiger partial charge in [-0.3, -0.25) is 0 Å². The number of rotatable bonds is 4. The fraction of sp³-hybridized carbons (Fsp3) is 0.118. The minimum Gasteiger partial charge on any atom is -0.478 e. The molecule has 2 N–H and O–H groups in total. The minimum atomic E-state index is -4.65. The molecule has 1 heterocycles. The smallest absolute Gasteiger partial charge is 0.451 e. The zero-order chi connectivity index (χ0) is 18.0. The van der Waals surface area contributed by atoms with E-state index >= 15 is 0 Å². The molecule has 0 radical (unpaired) electrons. The number of aromatic carboxylic acids is 1. The van der Waals surface area contributed by atoms with Crippen LogP contribution in [0.5, 0.6) is 0 Å². The zero-order valence-electron chi connectivity index (χ0n) is 12.7. The molecule has 0 aliphatic heterocycles. The Morgan fingerprint density at radius 2 is 1.72 bits per heavy atom. The van der Waals surface area contributed by atoms with Gasteiger partial charge >= 0.3 is 12.1 Å². The average molecular weight is 347 g/mol. The molecule has 0 amide bonds. The highest BCUT2D eigenvalue weighted by Crippen LogP contribution is 2.30. The Bertz CT molecular complexity index is 925. The van der Waals surface area contributed by atoms with Gasteiger partial charge in [-0.15, -0.1) is 0 Å². The summed E-state index contributed by atoms with van der Waals surface area (Å²) in [5.74, 6) is -2.19. The summed E-state index contributed by atoms with van der Waals surface area (Å²) in [6.45, 7) is 0.193. The van der Waals surface area contributed by atoms with Crippen molar-refractivity contribution in [1.82, 2.24) is 9.97 Å². The van der Waals surface area contributed by atoms with Crippen LogP contribution in [0.25, 0.3) is 10.9 Å². The van der Waals surface area contributed by atoms with Gasteiger partial charge in [0.1, 0.15) is 5.82 Å². The van der Waals surface area contributed by atoms with Crippen LogP contribution in [0, 0.1) is 0 Å². The monoisotopic (exact) mass is 347 g/mol. The Hall–Kier alpha value is -3.16. The van der Waals surface area contributed by atoms with E-state index in [0.29, 0.717) is 10.9 Å². The van der Waals surface area contributed by atoms with E-state index in [1.165, 1.54) is 18.2 Å². The SMILES string of the molecule is O=C(O)c1ccc(CNc2nc(C(F)(F)F)nc3ccccc23)cc1. The van der Waals surface area contributed by atoms with Crippen molar-refractivity contribution in [3.63, 3.8) is 0 Å². The number of carboxylic acids is 1. The molecular formula is C17H12F3N3O2. The lowest BCUT2D eigenvalue weighted by atomic mass is 10.1. The van der Waals surface area contributed by atoms with Gasteiger partial charge in [0.05, 0.1) is 11.1 Å². The first kappa shape index (κ1) is 16.7. The van der Waals surface area contributed by atoms with Crippen LogP contribution in [0.4, 0.5) is 19.0 Å². The number of aromatic nitrogens is 2. The Labute approximate surface area is 140 Å². The van der Waals surface area contributed by atoms with E-state index in [1.54, 1.807) is 30.3 Å². The van der Waals surface area contributed by atoms with Crippen molar-refractivity contribution in [1.29, 1.82) is 0 Å². The maximum atomic E-state index is 13.0. The Balaban J connectivity index is 1.91. The standard InChI is InChI=1S/C17H12F3N3O2/c18-17(19,20)16-22-13-4-2-1-3-12(13)14(23-16)21-9-10-5-7-11(8-6-10)15(24)25/h1-8H,9H2,(H,24,25)(H,21,22,23). The molecule has 0 saturated carbocycles. The third-order valence-electron chi connectivity index (χ3n) is 3.52. The molecule has 0 aliphatic carbocycles. The molecule has 0 unspecified atom stereocenters. The van der Waals surface area contributed by atoms with Crippen molar-refractivity contribution in [2.75, 3.05) is 5.32 Å². The van der Waals surface area contributed by atoms with Crippen LogP contribution in [-0.4, -0.2) is 21.0 Å². The topological polar surface area (TPSA) is 75.1 Å². The quantitative estimate of drug-likeness (QED) is 0.747. The molecule has 0 fully saturated rings. The lowest BCUT2D eigenvalue weighted by Gasteiger charge is -2.12. The number of carboxylic acid groups (broad SMARTS) is 1. The Morgan fingerprint density at radius 3 is 2.36 bits per heavy atom. The van der Waals surface area contributed by atoms with Gasteiger partial charge in [-0.25, -0.2) is 14.8 Å². The number of fused-ring (bicyclic) bond motifs is 1. The van der Waals surface area contributed by atoms with Crippen molar-refractivity contribution in [3.05, 3.63) is 65.5 Å². The molecule has 0 saturated heterocycles. The second-order valence-corrected chi connectivity index (χ2v) is 5.27. The molecule has 2 aromatic carbocycles. The van der Waals surface area contributed by atoms with Crippen LogP contribution in [0.1, 0.15) is 21.7 Å². The molecule has 0 spiro atoms. The molecule has 1 aromatic heterocycles. The molecule has 0 bridgehead atoms. The van der Waals surface area contributed by atoms with Crippen molar-refractivity contribution >= 4 is 22.7 Å². The van der Waals surface area contributed by atoms with Gasteiger partial charge in [0.25, 0.3) is 0 Å². The van der Waals surface area contributed by atoms with Crippen molar-refractivity contribution in [3.8, 4) is 0 Å². The number of para-hydroxylation sites is 1. The number of carbonyl (C=O) groups is 1. The number of halogens is 3. The number of hydrogen-bond donors (Lipinski definition) is 2. The molecule has 5 nitrogen and oxygen atoms in total. The van der Waals surface area contributed by atoms with E-state index in [1.807, 2.05) is 0 Å². The van der Waals surface area contributed by atoms with Crippen LogP contribution in [-0.2, 0) is 12.7 Å². The van der Waals surface area contributed by atoms with Gasteiger partial charge in [0, 0.05) is 11.9 Å². The van der Waals surface area contributed by atoms with Crippen molar-refractivity contribution in [2.45, 2.75) is 12.7 Å². The maximum Gasteiger partial charge on any atom is 0.451 e. The number of nitrogens with one attached hydrogen (secondary N) is 1. The molecule has 0 atom stereocenters. The molecule has 0 aliphatic rings. The summed E-state index contributed by atoms with van der Waals surface area (Å²) in [6.07, 6.45) is -4.65. The number of nitrogens with zero attached hydrogens (tertiary/aromatic N) is 2. The fourth-order valence-corrected chi connectivity index (χ4v) is 2.29. The highest BCUT2D eigenvalue weighted by atomic mass is 19.4. The summed E-state index contributed by atoms with van der Waals surface area (Å²) in [6, 6.07) is 12.4. The van der Waals surface area contributed by atoms with Gasteiger partial charge < -0.3 is 10.4 Å². The highest BCUT2D eigenvalue weighted by Gasteiger charge is 2.35. The molecule has 3 rings (SSSR count). The molecular weight excluding hydrogens is 335 g/mol. The number of hydrogen-bond acceptors (Lipinski definition) is 4. The summed E-state index contributed by atoms with van der Waals surface area (Å²) in [7, 11) is 0. The summed E-state index contributed by atoms with van der Waals surface area (Å²) in [5, 5.41) is 12.2. The lowest BCUT2D eigenvalue weighted by molar-refractivity contribution is -0.144. The molecule has 25 heavy (non-hydrogen) atoms.